The van der Waals surface area contributed by atoms with Gasteiger partial charge in [0.25, 0.3) is 5.88 Å². The Morgan fingerprint density at radius 3 is 2.72 bits per heavy atom. The van der Waals surface area contributed by atoms with E-state index in [4.69, 9.17) is 16.3 Å². The van der Waals surface area contributed by atoms with Crippen molar-refractivity contribution in [2.24, 2.45) is 5.92 Å². The Kier molecular flexibility index (Phi) is 3.96. The first-order valence-electron chi connectivity index (χ1n) is 5.89. The molecule has 0 atom stereocenters. The van der Waals surface area contributed by atoms with Crippen LogP contribution in [0.5, 0.6) is 5.88 Å². The molecule has 1 aromatic rings. The van der Waals surface area contributed by atoms with Gasteiger partial charge in [0, 0.05) is 0 Å². The molecule has 18 heavy (non-hydrogen) atoms. The van der Waals surface area contributed by atoms with E-state index in [0.29, 0.717) is 12.5 Å². The first kappa shape index (κ1) is 13.0. The minimum absolute atomic E-state index is 0.0237. The van der Waals surface area contributed by atoms with Crippen LogP contribution in [-0.2, 0) is 0 Å². The van der Waals surface area contributed by atoms with Gasteiger partial charge in [0.2, 0.25) is 5.28 Å². The first-order chi connectivity index (χ1) is 8.58. The number of nitro groups is 1. The number of hydrogen-bond acceptors (Lipinski definition) is 5. The van der Waals surface area contributed by atoms with Crippen LogP contribution in [0.15, 0.2) is 0 Å². The number of hydrogen-bond donors (Lipinski definition) is 0. The fourth-order valence-electron chi connectivity index (χ4n) is 2.19. The Labute approximate surface area is 109 Å². The third-order valence-electron chi connectivity index (χ3n) is 3.11. The quantitative estimate of drug-likeness (QED) is 0.478. The molecule has 0 amide bonds. The highest BCUT2D eigenvalue weighted by Gasteiger charge is 2.25. The summed E-state index contributed by atoms with van der Waals surface area (Å²) in [4.78, 5) is 18.0. The van der Waals surface area contributed by atoms with E-state index in [9.17, 15) is 10.1 Å². The average Bonchev–Trinajstić information content (AvgIpc) is 2.77. The lowest BCUT2D eigenvalue weighted by Gasteiger charge is -2.11. The Balaban J connectivity index is 2.16. The summed E-state index contributed by atoms with van der Waals surface area (Å²) in [7, 11) is 0. The number of rotatable bonds is 4. The number of ether oxygens (including phenoxy) is 1. The largest absolute Gasteiger partial charge is 0.472 e. The summed E-state index contributed by atoms with van der Waals surface area (Å²) in [6.45, 7) is 1.97. The molecule has 1 aliphatic carbocycles. The van der Waals surface area contributed by atoms with Gasteiger partial charge in [-0.25, -0.2) is 4.98 Å². The van der Waals surface area contributed by atoms with Gasteiger partial charge in [0.1, 0.15) is 5.69 Å². The van der Waals surface area contributed by atoms with Crippen molar-refractivity contribution in [2.45, 2.75) is 32.6 Å². The van der Waals surface area contributed by atoms with E-state index in [1.165, 1.54) is 19.8 Å². The van der Waals surface area contributed by atoms with Gasteiger partial charge >= 0.3 is 5.69 Å². The van der Waals surface area contributed by atoms with Crippen LogP contribution in [0, 0.1) is 23.0 Å². The molecule has 2 rings (SSSR count). The maximum atomic E-state index is 11.0. The lowest BCUT2D eigenvalue weighted by atomic mass is 10.1. The highest BCUT2D eigenvalue weighted by molar-refractivity contribution is 6.28. The summed E-state index contributed by atoms with van der Waals surface area (Å²) < 4.78 is 5.47. The fraction of sp³-hybridized carbons (Fsp3) is 0.636. The van der Waals surface area contributed by atoms with Gasteiger partial charge in [-0.2, -0.15) is 4.98 Å². The van der Waals surface area contributed by atoms with Crippen molar-refractivity contribution in [3.63, 3.8) is 0 Å². The Hall–Kier alpha value is -1.43. The minimum atomic E-state index is -0.532. The summed E-state index contributed by atoms with van der Waals surface area (Å²) in [6, 6.07) is 0. The Morgan fingerprint density at radius 2 is 2.11 bits per heavy atom. The van der Waals surface area contributed by atoms with Gasteiger partial charge in [0.05, 0.1) is 11.5 Å². The molecule has 1 heterocycles. The zero-order valence-corrected chi connectivity index (χ0v) is 10.8. The molecule has 1 saturated carbocycles. The zero-order valence-electron chi connectivity index (χ0n) is 10.1. The lowest BCUT2D eigenvalue weighted by Crippen LogP contribution is -2.11. The van der Waals surface area contributed by atoms with Crippen molar-refractivity contribution in [3.05, 3.63) is 21.1 Å². The monoisotopic (exact) mass is 271 g/mol. The second kappa shape index (κ2) is 5.48. The molecule has 1 aromatic heterocycles. The van der Waals surface area contributed by atoms with Crippen LogP contribution in [0.3, 0.4) is 0 Å². The maximum Gasteiger partial charge on any atom is 0.352 e. The van der Waals surface area contributed by atoms with Crippen molar-refractivity contribution in [3.8, 4) is 5.88 Å². The van der Waals surface area contributed by atoms with Crippen LogP contribution in [0.1, 0.15) is 31.4 Å². The van der Waals surface area contributed by atoms with Gasteiger partial charge in [-0.1, -0.05) is 12.8 Å². The molecule has 0 unspecified atom stereocenters. The smallest absolute Gasteiger partial charge is 0.352 e. The number of aryl methyl sites for hydroxylation is 1. The molecule has 6 nitrogen and oxygen atoms in total. The van der Waals surface area contributed by atoms with E-state index in [2.05, 4.69) is 9.97 Å². The molecular formula is C11H14ClN3O3. The molecule has 0 radical (unpaired) electrons. The molecular weight excluding hydrogens is 258 g/mol. The molecule has 1 aliphatic rings. The third-order valence-corrected chi connectivity index (χ3v) is 3.28. The van der Waals surface area contributed by atoms with E-state index in [0.717, 1.165) is 12.8 Å². The number of aromatic nitrogens is 2. The van der Waals surface area contributed by atoms with E-state index in [-0.39, 0.29) is 22.5 Å². The van der Waals surface area contributed by atoms with Gasteiger partial charge in [-0.05, 0) is 37.3 Å². The molecule has 98 valence electrons. The zero-order chi connectivity index (χ0) is 13.1. The minimum Gasteiger partial charge on any atom is -0.472 e. The number of halogens is 1. The van der Waals surface area contributed by atoms with Gasteiger partial charge < -0.3 is 4.74 Å². The van der Waals surface area contributed by atoms with E-state index >= 15 is 0 Å². The molecule has 1 fully saturated rings. The maximum absolute atomic E-state index is 11.0. The molecule has 0 aliphatic heterocycles. The number of nitrogens with zero attached hydrogens (tertiary/aromatic N) is 3. The second-order valence-corrected chi connectivity index (χ2v) is 4.79. The molecule has 0 N–H and O–H groups in total. The van der Waals surface area contributed by atoms with Gasteiger partial charge in [-0.3, -0.25) is 10.1 Å². The molecule has 0 aromatic carbocycles. The van der Waals surface area contributed by atoms with Crippen LogP contribution in [-0.4, -0.2) is 21.5 Å². The van der Waals surface area contributed by atoms with Gasteiger partial charge in [-0.15, -0.1) is 0 Å². The Morgan fingerprint density at radius 1 is 1.44 bits per heavy atom. The fourth-order valence-corrected chi connectivity index (χ4v) is 2.40. The van der Waals surface area contributed by atoms with Crippen molar-refractivity contribution in [2.75, 3.05) is 6.61 Å². The summed E-state index contributed by atoms with van der Waals surface area (Å²) in [5.74, 6) is 0.433. The van der Waals surface area contributed by atoms with Crippen molar-refractivity contribution in [1.29, 1.82) is 0 Å². The van der Waals surface area contributed by atoms with E-state index in [1.807, 2.05) is 0 Å². The van der Waals surface area contributed by atoms with Crippen LogP contribution in [0.4, 0.5) is 5.69 Å². The van der Waals surface area contributed by atoms with Crippen LogP contribution < -0.4 is 4.74 Å². The van der Waals surface area contributed by atoms with Gasteiger partial charge in [0.15, 0.2) is 0 Å². The summed E-state index contributed by atoms with van der Waals surface area (Å²) in [6.07, 6.45) is 4.59. The van der Waals surface area contributed by atoms with E-state index in [1.54, 1.807) is 0 Å². The topological polar surface area (TPSA) is 78.2 Å². The van der Waals surface area contributed by atoms with E-state index < -0.39 is 4.92 Å². The third kappa shape index (κ3) is 2.87. The first-order valence-corrected chi connectivity index (χ1v) is 6.27. The predicted octanol–water partition coefficient (Wildman–Crippen LogP) is 2.92. The molecule has 0 saturated heterocycles. The Bertz CT molecular complexity index is 461. The van der Waals surface area contributed by atoms with Crippen LogP contribution in [0.2, 0.25) is 5.28 Å². The molecule has 0 bridgehead atoms. The summed E-state index contributed by atoms with van der Waals surface area (Å²) in [5.41, 5.74) is 0.0267. The SMILES string of the molecule is Cc1nc(Cl)nc(OCC2CCCC2)c1[N+](=O)[O-]. The second-order valence-electron chi connectivity index (χ2n) is 4.45. The average molecular weight is 272 g/mol. The standard InChI is InChI=1S/C11H14ClN3O3/c1-7-9(15(16)17)10(14-11(12)13-7)18-6-8-4-2-3-5-8/h8H,2-6H2,1H3. The molecule has 0 spiro atoms. The van der Waals surface area contributed by atoms with Crippen LogP contribution in [0.25, 0.3) is 0 Å². The lowest BCUT2D eigenvalue weighted by molar-refractivity contribution is -0.387. The summed E-state index contributed by atoms with van der Waals surface area (Å²) >= 11 is 5.70. The van der Waals surface area contributed by atoms with Crippen molar-refractivity contribution in [1.82, 2.24) is 9.97 Å². The summed E-state index contributed by atoms with van der Waals surface area (Å²) in [5, 5.41) is 10.9. The van der Waals surface area contributed by atoms with Crippen molar-refractivity contribution < 1.29 is 9.66 Å². The normalized spacial score (nSPS) is 15.9. The highest BCUT2D eigenvalue weighted by Crippen LogP contribution is 2.31. The highest BCUT2D eigenvalue weighted by atomic mass is 35.5. The van der Waals surface area contributed by atoms with Crippen molar-refractivity contribution >= 4 is 17.3 Å². The molecule has 7 heteroatoms. The predicted molar refractivity (Wildman–Crippen MR) is 65.9 cm³/mol. The van der Waals surface area contributed by atoms with Crippen LogP contribution >= 0.6 is 11.6 Å².